The summed E-state index contributed by atoms with van der Waals surface area (Å²) >= 11 is 0. The zero-order chi connectivity index (χ0) is 32.1. The number of carbonyl (C=O) groups is 5. The Morgan fingerprint density at radius 1 is 0.930 bits per heavy atom. The van der Waals surface area contributed by atoms with E-state index in [0.29, 0.717) is 0 Å². The molecule has 0 radical (unpaired) electrons. The molecule has 236 valence electrons. The maximum absolute atomic E-state index is 13.5. The van der Waals surface area contributed by atoms with Crippen LogP contribution in [0.3, 0.4) is 0 Å². The highest BCUT2D eigenvalue weighted by Crippen LogP contribution is 2.69. The smallest absolute Gasteiger partial charge is 0.340 e. The summed E-state index contributed by atoms with van der Waals surface area (Å²) in [7, 11) is 0. The van der Waals surface area contributed by atoms with Crippen LogP contribution in [0.15, 0.2) is 24.5 Å². The molecule has 3 fully saturated rings. The van der Waals surface area contributed by atoms with Gasteiger partial charge in [0.15, 0.2) is 17.8 Å². The van der Waals surface area contributed by atoms with Crippen LogP contribution in [-0.2, 0) is 47.6 Å². The summed E-state index contributed by atoms with van der Waals surface area (Å²) in [5.74, 6) is -5.02. The Morgan fingerprint density at radius 2 is 1.53 bits per heavy atom. The molecule has 2 bridgehead atoms. The number of hydrogen-bond donors (Lipinski definition) is 2. The minimum atomic E-state index is -2.48. The van der Waals surface area contributed by atoms with E-state index < -0.39 is 95.1 Å². The number of rotatable bonds is 7. The van der Waals surface area contributed by atoms with Crippen LogP contribution in [0.1, 0.15) is 65.2 Å². The summed E-state index contributed by atoms with van der Waals surface area (Å²) < 4.78 is 35.3. The van der Waals surface area contributed by atoms with Gasteiger partial charge < -0.3 is 38.6 Å². The number of carbonyl (C=O) groups excluding carboxylic acids is 5. The number of ether oxygens (including phenoxy) is 6. The van der Waals surface area contributed by atoms with Crippen molar-refractivity contribution >= 4 is 29.8 Å². The van der Waals surface area contributed by atoms with Crippen molar-refractivity contribution in [1.82, 2.24) is 4.98 Å². The van der Waals surface area contributed by atoms with E-state index in [1.54, 1.807) is 13.8 Å². The summed E-state index contributed by atoms with van der Waals surface area (Å²) in [6.07, 6.45) is -5.70. The van der Waals surface area contributed by atoms with Gasteiger partial charge in [0.2, 0.25) is 0 Å². The van der Waals surface area contributed by atoms with Gasteiger partial charge in [-0.15, -0.1) is 0 Å². The molecule has 1 aliphatic heterocycles. The first-order chi connectivity index (χ1) is 19.9. The molecule has 0 aromatic carbocycles. The zero-order valence-corrected chi connectivity index (χ0v) is 25.0. The average Bonchev–Trinajstić information content (AvgIpc) is 3.06. The van der Waals surface area contributed by atoms with Crippen LogP contribution in [0, 0.1) is 11.3 Å². The molecular weight excluding hydrogens is 570 g/mol. The van der Waals surface area contributed by atoms with E-state index in [9.17, 15) is 34.2 Å². The van der Waals surface area contributed by atoms with Crippen molar-refractivity contribution in [3.63, 3.8) is 0 Å². The maximum atomic E-state index is 13.5. The van der Waals surface area contributed by atoms with Crippen LogP contribution in [-0.4, -0.2) is 99.0 Å². The van der Waals surface area contributed by atoms with Crippen LogP contribution in [0.25, 0.3) is 0 Å². The number of aliphatic hydroxyl groups is 2. The van der Waals surface area contributed by atoms with Gasteiger partial charge in [-0.1, -0.05) is 0 Å². The van der Waals surface area contributed by atoms with Crippen molar-refractivity contribution in [1.29, 1.82) is 0 Å². The van der Waals surface area contributed by atoms with E-state index in [2.05, 4.69) is 4.98 Å². The van der Waals surface area contributed by atoms with Crippen LogP contribution >= 0.6 is 0 Å². The summed E-state index contributed by atoms with van der Waals surface area (Å²) in [4.78, 5) is 67.3. The number of nitrogens with zero attached hydrogens (tertiary/aromatic N) is 1. The monoisotopic (exact) mass is 607 g/mol. The van der Waals surface area contributed by atoms with Gasteiger partial charge in [0.05, 0.1) is 11.2 Å². The van der Waals surface area contributed by atoms with Gasteiger partial charge in [0, 0.05) is 46.0 Å². The fourth-order valence-corrected chi connectivity index (χ4v) is 7.25. The second-order valence-corrected chi connectivity index (χ2v) is 12.0. The Bertz CT molecular complexity index is 1300. The van der Waals surface area contributed by atoms with E-state index in [1.165, 1.54) is 31.5 Å². The molecular formula is C29H37NO13. The molecule has 4 rings (SSSR count). The number of esters is 5. The van der Waals surface area contributed by atoms with Crippen LogP contribution < -0.4 is 0 Å². The predicted molar refractivity (Wildman–Crippen MR) is 142 cm³/mol. The fraction of sp³-hybridized carbons (Fsp3) is 0.655. The molecule has 3 aliphatic rings. The summed E-state index contributed by atoms with van der Waals surface area (Å²) in [6.45, 7) is 8.11. The summed E-state index contributed by atoms with van der Waals surface area (Å²) in [5.41, 5.74) is -8.05. The molecule has 2 N–H and O–H groups in total. The third-order valence-corrected chi connectivity index (χ3v) is 8.81. The molecule has 1 saturated heterocycles. The minimum absolute atomic E-state index is 0.0528. The first kappa shape index (κ1) is 32.3. The highest BCUT2D eigenvalue weighted by Gasteiger charge is 2.88. The topological polar surface area (TPSA) is 194 Å². The fourth-order valence-electron chi connectivity index (χ4n) is 7.25. The van der Waals surface area contributed by atoms with Crippen molar-refractivity contribution in [2.75, 3.05) is 6.61 Å². The van der Waals surface area contributed by atoms with E-state index >= 15 is 0 Å². The van der Waals surface area contributed by atoms with E-state index in [-0.39, 0.29) is 12.0 Å². The van der Waals surface area contributed by atoms with Gasteiger partial charge in [0.1, 0.15) is 35.9 Å². The lowest BCUT2D eigenvalue weighted by molar-refractivity contribution is -0.378. The highest BCUT2D eigenvalue weighted by molar-refractivity contribution is 5.89. The molecule has 0 amide bonds. The molecule has 9 atom stereocenters. The third-order valence-electron chi connectivity index (χ3n) is 8.81. The Labute approximate surface area is 247 Å². The largest absolute Gasteiger partial charge is 0.465 e. The summed E-state index contributed by atoms with van der Waals surface area (Å²) in [5, 5.41) is 24.1. The Kier molecular flexibility index (Phi) is 8.37. The van der Waals surface area contributed by atoms with Gasteiger partial charge in [-0.05, 0) is 39.3 Å². The quantitative estimate of drug-likeness (QED) is 0.324. The van der Waals surface area contributed by atoms with Crippen molar-refractivity contribution in [2.24, 2.45) is 11.3 Å². The first-order valence-electron chi connectivity index (χ1n) is 13.8. The molecule has 43 heavy (non-hydrogen) atoms. The second kappa shape index (κ2) is 11.1. The van der Waals surface area contributed by atoms with Crippen molar-refractivity contribution in [3.05, 3.63) is 30.1 Å². The molecule has 1 spiro atoms. The minimum Gasteiger partial charge on any atom is -0.465 e. The SMILES string of the molecule is CC(=O)OC[C@]12[C@@H](OC(=O)c3cccnc3)C[C@@H]3[C@@H](OC(C)=O)[C@]1(OC3(C)C)[C@@](C)(O)[C@@H](O)[C@H](OC(C)=O)[C@@H]2OC(C)=O. The van der Waals surface area contributed by atoms with E-state index in [0.717, 1.165) is 27.7 Å². The molecule has 14 heteroatoms. The normalized spacial score (nSPS) is 37.3. The molecule has 2 heterocycles. The van der Waals surface area contributed by atoms with Crippen molar-refractivity contribution < 1.29 is 62.6 Å². The zero-order valence-electron chi connectivity index (χ0n) is 25.0. The molecule has 2 saturated carbocycles. The van der Waals surface area contributed by atoms with Crippen LogP contribution in [0.5, 0.6) is 0 Å². The maximum Gasteiger partial charge on any atom is 0.340 e. The number of pyridine rings is 1. The van der Waals surface area contributed by atoms with Gasteiger partial charge in [-0.2, -0.15) is 0 Å². The third kappa shape index (κ3) is 5.04. The van der Waals surface area contributed by atoms with Gasteiger partial charge in [-0.25, -0.2) is 4.79 Å². The summed E-state index contributed by atoms with van der Waals surface area (Å²) in [6, 6.07) is 2.97. The van der Waals surface area contributed by atoms with Gasteiger partial charge in [0.25, 0.3) is 0 Å². The molecule has 0 unspecified atom stereocenters. The molecule has 14 nitrogen and oxygen atoms in total. The van der Waals surface area contributed by atoms with Gasteiger partial charge in [-0.3, -0.25) is 24.2 Å². The lowest BCUT2D eigenvalue weighted by Gasteiger charge is -2.66. The predicted octanol–water partition coefficient (Wildman–Crippen LogP) is 0.645. The molecule has 1 aromatic rings. The Balaban J connectivity index is 2.10. The number of aliphatic hydroxyl groups excluding tert-OH is 1. The van der Waals surface area contributed by atoms with Crippen LogP contribution in [0.4, 0.5) is 0 Å². The van der Waals surface area contributed by atoms with Crippen molar-refractivity contribution in [3.8, 4) is 0 Å². The molecule has 2 aliphatic carbocycles. The van der Waals surface area contributed by atoms with Crippen LogP contribution in [0.2, 0.25) is 0 Å². The lowest BCUT2D eigenvalue weighted by atomic mass is 9.45. The first-order valence-corrected chi connectivity index (χ1v) is 13.8. The van der Waals surface area contributed by atoms with Crippen molar-refractivity contribution in [2.45, 2.75) is 102 Å². The molecule has 1 aromatic heterocycles. The van der Waals surface area contributed by atoms with E-state index in [1.807, 2.05) is 0 Å². The standard InChI is InChI=1S/C29H37NO13/c1-14(31)38-13-28-20(42-25(36)18-9-8-10-30-12-18)11-19-23(40-16(3)33)29(28,43-26(19,5)6)27(7,37)22(35)21(39-15(2)32)24(28)41-17(4)34/h8-10,12,19-24,35,37H,11,13H2,1-7H3/t19-,20+,21+,22+,23-,24+,27+,28-,29+/m1/s1. The number of hydrogen-bond acceptors (Lipinski definition) is 14. The Morgan fingerprint density at radius 3 is 2.07 bits per heavy atom. The number of aromatic nitrogens is 1. The Hall–Kier alpha value is -3.62. The average molecular weight is 608 g/mol. The van der Waals surface area contributed by atoms with E-state index in [4.69, 9.17) is 28.4 Å². The lowest BCUT2D eigenvalue weighted by Crippen LogP contribution is -2.87. The number of fused-ring (bicyclic) bond motifs is 1. The highest BCUT2D eigenvalue weighted by atomic mass is 16.6. The van der Waals surface area contributed by atoms with Gasteiger partial charge >= 0.3 is 29.8 Å². The second-order valence-electron chi connectivity index (χ2n) is 12.0.